The fourth-order valence-electron chi connectivity index (χ4n) is 15.3. The minimum Gasteiger partial charge on any atom is -0.456 e. The van der Waals surface area contributed by atoms with Crippen molar-refractivity contribution in [3.05, 3.63) is 296 Å². The maximum Gasteiger partial charge on any atom is 0.252 e. The van der Waals surface area contributed by atoms with Crippen LogP contribution in [0.15, 0.2) is 290 Å². The highest BCUT2D eigenvalue weighted by atomic mass is 16.3. The Morgan fingerprint density at radius 3 is 1.18 bits per heavy atom. The number of furan rings is 1. The lowest BCUT2D eigenvalue weighted by Gasteiger charge is -2.45. The van der Waals surface area contributed by atoms with Crippen molar-refractivity contribution < 1.29 is 4.42 Å². The van der Waals surface area contributed by atoms with Crippen molar-refractivity contribution in [2.75, 3.05) is 9.80 Å². The van der Waals surface area contributed by atoms with E-state index in [1.807, 2.05) is 0 Å². The van der Waals surface area contributed by atoms with E-state index < -0.39 is 0 Å². The molecule has 5 nitrogen and oxygen atoms in total. The van der Waals surface area contributed by atoms with Crippen molar-refractivity contribution >= 4 is 123 Å². The second-order valence-electron chi connectivity index (χ2n) is 27.3. The molecule has 2 aliphatic heterocycles. The molecule has 0 saturated carbocycles. The fourth-order valence-corrected chi connectivity index (χ4v) is 15.3. The van der Waals surface area contributed by atoms with E-state index in [0.717, 1.165) is 112 Å². The van der Waals surface area contributed by atoms with E-state index >= 15 is 0 Å². The van der Waals surface area contributed by atoms with Gasteiger partial charge in [0, 0.05) is 77.6 Å². The monoisotopic (exact) mass is 1180 g/mol. The smallest absolute Gasteiger partial charge is 0.252 e. The summed E-state index contributed by atoms with van der Waals surface area (Å²) >= 11 is 0. The zero-order valence-corrected chi connectivity index (χ0v) is 52.4. The number of hydrogen-bond acceptors (Lipinski definition) is 3. The normalized spacial score (nSPS) is 13.0. The summed E-state index contributed by atoms with van der Waals surface area (Å²) in [5.74, 6) is 0. The lowest BCUT2D eigenvalue weighted by molar-refractivity contribution is 0.590. The number of nitrogens with zero attached hydrogens (tertiary/aromatic N) is 4. The third kappa shape index (κ3) is 8.26. The van der Waals surface area contributed by atoms with Crippen LogP contribution in [0.4, 0.5) is 34.1 Å². The quantitative estimate of drug-likeness (QED) is 0.149. The number of hydrogen-bond donors (Lipinski definition) is 0. The molecule has 5 heterocycles. The van der Waals surface area contributed by atoms with E-state index in [0.29, 0.717) is 0 Å². The van der Waals surface area contributed by atoms with Crippen molar-refractivity contribution in [1.82, 2.24) is 9.13 Å². The van der Waals surface area contributed by atoms with Crippen LogP contribution in [0.2, 0.25) is 0 Å². The average molecular weight is 1180 g/mol. The van der Waals surface area contributed by atoms with Crippen LogP contribution in [0, 0.1) is 0 Å². The van der Waals surface area contributed by atoms with Crippen molar-refractivity contribution in [3.63, 3.8) is 0 Å². The first-order chi connectivity index (χ1) is 44.9. The van der Waals surface area contributed by atoms with Gasteiger partial charge in [0.2, 0.25) is 0 Å². The van der Waals surface area contributed by atoms with E-state index in [4.69, 9.17) is 4.42 Å². The molecule has 0 spiro atoms. The number of rotatable bonds is 7. The predicted molar refractivity (Wildman–Crippen MR) is 390 cm³/mol. The second kappa shape index (κ2) is 20.2. The SMILES string of the molecule is CC(C)(C)c1ccc(-c2ccccc2N2c3cc4c(cc3B3c5cc6c7ccccc7n(-c7ccccc7)c6cc5N(c5ccccc5-c5ccc(C(C)(C)C)cc5)c5cc(-c6ccc7c(c6)oc6ccccc67)cc2c53)c2ccccc2n4-c2ccccc2)cc1. The minimum absolute atomic E-state index is 0.00889. The molecule has 13 aromatic carbocycles. The topological polar surface area (TPSA) is 29.5 Å². The molecule has 0 N–H and O–H groups in total. The number of benzene rings is 13. The largest absolute Gasteiger partial charge is 0.456 e. The van der Waals surface area contributed by atoms with Gasteiger partial charge < -0.3 is 23.4 Å². The molecule has 92 heavy (non-hydrogen) atoms. The molecule has 438 valence electrons. The van der Waals surface area contributed by atoms with Gasteiger partial charge in [-0.2, -0.15) is 0 Å². The summed E-state index contributed by atoms with van der Waals surface area (Å²) in [5, 5.41) is 7.07. The second-order valence-corrected chi connectivity index (χ2v) is 27.3. The maximum atomic E-state index is 6.78. The number of anilines is 6. The summed E-state index contributed by atoms with van der Waals surface area (Å²) in [6.07, 6.45) is 0. The molecule has 0 atom stereocenters. The van der Waals surface area contributed by atoms with Crippen molar-refractivity contribution in [3.8, 4) is 44.8 Å². The van der Waals surface area contributed by atoms with Crippen LogP contribution in [0.5, 0.6) is 0 Å². The Kier molecular flexibility index (Phi) is 11.8. The highest BCUT2D eigenvalue weighted by Crippen LogP contribution is 2.52. The molecule has 0 amide bonds. The Bertz CT molecular complexity index is 5370. The Morgan fingerprint density at radius 1 is 0.283 bits per heavy atom. The van der Waals surface area contributed by atoms with Crippen molar-refractivity contribution in [2.45, 2.75) is 52.4 Å². The van der Waals surface area contributed by atoms with Crippen LogP contribution in [0.1, 0.15) is 52.7 Å². The highest BCUT2D eigenvalue weighted by molar-refractivity contribution is 7.00. The van der Waals surface area contributed by atoms with Crippen LogP contribution in [-0.2, 0) is 10.8 Å². The van der Waals surface area contributed by atoms with Gasteiger partial charge >= 0.3 is 0 Å². The van der Waals surface area contributed by atoms with Gasteiger partial charge in [0.1, 0.15) is 11.2 Å². The van der Waals surface area contributed by atoms with E-state index in [1.165, 1.54) is 60.1 Å². The molecule has 0 unspecified atom stereocenters. The molecule has 0 aliphatic carbocycles. The lowest BCUT2D eigenvalue weighted by Crippen LogP contribution is -2.61. The number of para-hydroxylation sites is 7. The van der Waals surface area contributed by atoms with Crippen molar-refractivity contribution in [1.29, 1.82) is 0 Å². The van der Waals surface area contributed by atoms with Gasteiger partial charge in [-0.15, -0.1) is 0 Å². The first kappa shape index (κ1) is 53.9. The molecule has 16 aromatic rings. The Balaban J connectivity index is 1.01. The molecule has 18 rings (SSSR count). The third-order valence-electron chi connectivity index (χ3n) is 19.8. The molecule has 0 saturated heterocycles. The van der Waals surface area contributed by atoms with Crippen molar-refractivity contribution in [2.24, 2.45) is 0 Å². The molecular formula is C86H65BN4O. The Morgan fingerprint density at radius 2 is 0.696 bits per heavy atom. The summed E-state index contributed by atoms with van der Waals surface area (Å²) in [6, 6.07) is 107. The maximum absolute atomic E-state index is 6.78. The van der Waals surface area contributed by atoms with E-state index in [2.05, 4.69) is 346 Å². The molecule has 0 fully saturated rings. The van der Waals surface area contributed by atoms with Gasteiger partial charge in [0.25, 0.3) is 6.71 Å². The van der Waals surface area contributed by atoms with Crippen LogP contribution in [0.25, 0.3) is 110 Å². The van der Waals surface area contributed by atoms with E-state index in [9.17, 15) is 0 Å². The average Bonchev–Trinajstić information content (AvgIpc) is 1.06. The third-order valence-corrected chi connectivity index (χ3v) is 19.8. The van der Waals surface area contributed by atoms with Gasteiger partial charge in [-0.05, 0) is 152 Å². The predicted octanol–water partition coefficient (Wildman–Crippen LogP) is 21.5. The first-order valence-electron chi connectivity index (χ1n) is 32.3. The molecule has 0 radical (unpaired) electrons. The van der Waals surface area contributed by atoms with Gasteiger partial charge in [0.15, 0.2) is 0 Å². The molecule has 0 bridgehead atoms. The zero-order valence-electron chi connectivity index (χ0n) is 52.4. The summed E-state index contributed by atoms with van der Waals surface area (Å²) in [6.45, 7) is 13.5. The van der Waals surface area contributed by atoms with Crippen LogP contribution >= 0.6 is 0 Å². The number of fused-ring (bicyclic) bond motifs is 13. The van der Waals surface area contributed by atoms with E-state index in [-0.39, 0.29) is 17.5 Å². The van der Waals surface area contributed by atoms with Crippen LogP contribution < -0.4 is 26.2 Å². The molecular weight excluding hydrogens is 1120 g/mol. The first-order valence-corrected chi connectivity index (χ1v) is 32.3. The summed E-state index contributed by atoms with van der Waals surface area (Å²) in [4.78, 5) is 5.26. The fraction of sp³-hybridized carbons (Fsp3) is 0.0930. The van der Waals surface area contributed by atoms with E-state index in [1.54, 1.807) is 0 Å². The summed E-state index contributed by atoms with van der Waals surface area (Å²) in [7, 11) is 0. The Hall–Kier alpha value is -11.1. The van der Waals surface area contributed by atoms with Gasteiger partial charge in [0.05, 0.1) is 33.4 Å². The Labute approximate surface area is 536 Å². The van der Waals surface area contributed by atoms with Crippen LogP contribution in [0.3, 0.4) is 0 Å². The minimum atomic E-state index is -0.229. The molecule has 3 aromatic heterocycles. The molecule has 2 aliphatic rings. The number of aromatic nitrogens is 2. The van der Waals surface area contributed by atoms with Gasteiger partial charge in [-0.1, -0.05) is 236 Å². The van der Waals surface area contributed by atoms with Gasteiger partial charge in [-0.3, -0.25) is 0 Å². The standard InChI is InChI=1S/C86H65BN4O/c1-85(2,3)58-42-37-54(38-43-58)62-27-13-18-32-72(62)90-78-52-76-68(64-29-15-20-34-74(64)88(76)60-23-9-7-10-24-60)50-70(78)87-71-51-69-65-30-16-21-35-75(65)89(61-25-11-8-12-26-61)77(69)53-79(71)91(73-33-19-14-28-63(73)55-39-44-59(45-40-55)86(4,5)6)81-48-57(47-80(90)84(81)87)56-41-46-67-66-31-17-22-36-82(66)92-83(67)49-56/h7-53H,1-6H3. The highest BCUT2D eigenvalue weighted by Gasteiger charge is 2.46. The summed E-state index contributed by atoms with van der Waals surface area (Å²) < 4.78 is 11.7. The van der Waals surface area contributed by atoms with Crippen LogP contribution in [-0.4, -0.2) is 15.8 Å². The lowest BCUT2D eigenvalue weighted by atomic mass is 9.33. The summed E-state index contributed by atoms with van der Waals surface area (Å²) in [5.41, 5.74) is 28.4. The molecule has 6 heteroatoms. The zero-order chi connectivity index (χ0) is 61.7. The van der Waals surface area contributed by atoms with Gasteiger partial charge in [-0.25, -0.2) is 0 Å².